The molecule has 5 rings (SSSR count). The van der Waals surface area contributed by atoms with Gasteiger partial charge >= 0.3 is 5.97 Å². The summed E-state index contributed by atoms with van der Waals surface area (Å²) in [5.41, 5.74) is 1.52. The maximum atomic E-state index is 14.5. The lowest BCUT2D eigenvalue weighted by Gasteiger charge is -2.23. The standard InChI is InChI=1S/C32H33BrFN7O5/c1-18(42)30-22-12-19(20-14-35-26(36-15-20)10-11-29(44)46-32(2,3)4)8-9-23(22)41(39-30)17-28(43)40-16-21(34)13-24(40)31(45)38-27-7-5-6-25(33)37-27/h5-9,12,14-15,21,24H,10-11,13,16-17H2,1-4H3,(H,37,38,45)/t21-,24+/m1/s1. The van der Waals surface area contributed by atoms with Crippen molar-refractivity contribution in [2.75, 3.05) is 11.9 Å². The van der Waals surface area contributed by atoms with Crippen LogP contribution in [0.5, 0.6) is 0 Å². The van der Waals surface area contributed by atoms with E-state index in [4.69, 9.17) is 4.74 Å². The number of pyridine rings is 1. The van der Waals surface area contributed by atoms with Crippen LogP contribution in [0.15, 0.2) is 53.4 Å². The van der Waals surface area contributed by atoms with Gasteiger partial charge in [-0.3, -0.25) is 23.9 Å². The van der Waals surface area contributed by atoms with Crippen LogP contribution in [0.25, 0.3) is 22.0 Å². The molecule has 2 atom stereocenters. The Kier molecular flexibility index (Phi) is 9.56. The Bertz CT molecular complexity index is 1800. The van der Waals surface area contributed by atoms with Crippen molar-refractivity contribution in [2.24, 2.45) is 0 Å². The molecule has 14 heteroatoms. The van der Waals surface area contributed by atoms with Crippen molar-refractivity contribution in [3.05, 3.63) is 64.9 Å². The number of nitrogens with zero attached hydrogens (tertiary/aromatic N) is 6. The number of hydrogen-bond acceptors (Lipinski definition) is 9. The molecule has 3 aromatic heterocycles. The molecule has 4 heterocycles. The number of amides is 2. The molecule has 1 aliphatic heterocycles. The highest BCUT2D eigenvalue weighted by Gasteiger charge is 2.40. The molecular formula is C32H33BrFN7O5. The van der Waals surface area contributed by atoms with Crippen molar-refractivity contribution < 1.29 is 28.3 Å². The molecule has 0 spiro atoms. The number of aryl methyl sites for hydroxylation is 1. The molecule has 12 nitrogen and oxygen atoms in total. The van der Waals surface area contributed by atoms with E-state index in [2.05, 4.69) is 41.3 Å². The van der Waals surface area contributed by atoms with Crippen molar-refractivity contribution in [2.45, 2.75) is 71.3 Å². The summed E-state index contributed by atoms with van der Waals surface area (Å²) in [4.78, 5) is 65.2. The predicted octanol–water partition coefficient (Wildman–Crippen LogP) is 4.71. The third-order valence-corrected chi connectivity index (χ3v) is 7.66. The number of rotatable bonds is 9. The van der Waals surface area contributed by atoms with Gasteiger partial charge in [0.15, 0.2) is 5.78 Å². The molecule has 1 fully saturated rings. The Labute approximate surface area is 272 Å². The molecule has 0 radical (unpaired) electrons. The number of benzene rings is 1. The van der Waals surface area contributed by atoms with E-state index < -0.39 is 29.6 Å². The first-order valence-electron chi connectivity index (χ1n) is 14.7. The zero-order chi connectivity index (χ0) is 33.2. The van der Waals surface area contributed by atoms with E-state index in [1.165, 1.54) is 16.5 Å². The van der Waals surface area contributed by atoms with Gasteiger partial charge in [0.1, 0.15) is 46.3 Å². The lowest BCUT2D eigenvalue weighted by Crippen LogP contribution is -2.44. The van der Waals surface area contributed by atoms with Gasteiger partial charge in [-0.15, -0.1) is 0 Å². The molecule has 1 saturated heterocycles. The lowest BCUT2D eigenvalue weighted by molar-refractivity contribution is -0.154. The van der Waals surface area contributed by atoms with E-state index in [1.54, 1.807) is 69.6 Å². The third-order valence-electron chi connectivity index (χ3n) is 7.22. The number of esters is 1. The van der Waals surface area contributed by atoms with Gasteiger partial charge in [0, 0.05) is 43.1 Å². The minimum Gasteiger partial charge on any atom is -0.460 e. The van der Waals surface area contributed by atoms with Gasteiger partial charge in [0.05, 0.1) is 18.5 Å². The summed E-state index contributed by atoms with van der Waals surface area (Å²) in [6.07, 6.45) is 2.23. The van der Waals surface area contributed by atoms with Crippen LogP contribution < -0.4 is 5.32 Å². The number of nitrogens with one attached hydrogen (secondary N) is 1. The summed E-state index contributed by atoms with van der Waals surface area (Å²) in [6, 6.07) is 9.26. The van der Waals surface area contributed by atoms with Gasteiger partial charge in [-0.2, -0.15) is 5.10 Å². The van der Waals surface area contributed by atoms with Crippen molar-refractivity contribution >= 4 is 56.2 Å². The van der Waals surface area contributed by atoms with E-state index in [-0.39, 0.29) is 49.2 Å². The van der Waals surface area contributed by atoms with Crippen molar-refractivity contribution in [3.63, 3.8) is 0 Å². The number of aromatic nitrogens is 5. The minimum absolute atomic E-state index is 0.144. The SMILES string of the molecule is CC(=O)c1nn(CC(=O)N2C[C@H](F)C[C@H]2C(=O)Nc2cccc(Br)n2)c2ccc(-c3cnc(CCC(=O)OC(C)(C)C)nc3)cc12. The number of ketones is 1. The van der Waals surface area contributed by atoms with E-state index in [9.17, 15) is 23.6 Å². The quantitative estimate of drug-likeness (QED) is 0.149. The number of Topliss-reactive ketones (excluding diaryl/α,β-unsaturated/α-hetero) is 1. The number of ether oxygens (including phenoxy) is 1. The lowest BCUT2D eigenvalue weighted by atomic mass is 10.0. The van der Waals surface area contributed by atoms with Crippen LogP contribution in [0.4, 0.5) is 10.2 Å². The molecule has 2 amide bonds. The Morgan fingerprint density at radius 2 is 1.83 bits per heavy atom. The molecule has 0 aliphatic carbocycles. The highest BCUT2D eigenvalue weighted by molar-refractivity contribution is 9.10. The van der Waals surface area contributed by atoms with Gasteiger partial charge in [-0.25, -0.2) is 19.3 Å². The van der Waals surface area contributed by atoms with Crippen LogP contribution in [-0.2, 0) is 32.1 Å². The largest absolute Gasteiger partial charge is 0.460 e. The van der Waals surface area contributed by atoms with E-state index >= 15 is 0 Å². The smallest absolute Gasteiger partial charge is 0.306 e. The maximum Gasteiger partial charge on any atom is 0.306 e. The molecule has 0 unspecified atom stereocenters. The first-order valence-corrected chi connectivity index (χ1v) is 15.5. The fourth-order valence-corrected chi connectivity index (χ4v) is 5.54. The van der Waals surface area contributed by atoms with Gasteiger partial charge in [-0.05, 0) is 66.5 Å². The fraction of sp³-hybridized carbons (Fsp3) is 0.375. The highest BCUT2D eigenvalue weighted by atomic mass is 79.9. The fourth-order valence-electron chi connectivity index (χ4n) is 5.19. The molecule has 1 aromatic carbocycles. The van der Waals surface area contributed by atoms with E-state index in [0.717, 1.165) is 5.56 Å². The summed E-state index contributed by atoms with van der Waals surface area (Å²) < 4.78 is 21.8. The number of likely N-dealkylation sites (tertiary alicyclic amines) is 1. The second-order valence-corrected chi connectivity index (χ2v) is 12.8. The van der Waals surface area contributed by atoms with E-state index in [1.807, 2.05) is 0 Å². The molecule has 1 aliphatic rings. The van der Waals surface area contributed by atoms with Gasteiger partial charge in [0.2, 0.25) is 11.8 Å². The topological polar surface area (TPSA) is 149 Å². The molecule has 240 valence electrons. The van der Waals surface area contributed by atoms with Crippen molar-refractivity contribution in [1.82, 2.24) is 29.6 Å². The summed E-state index contributed by atoms with van der Waals surface area (Å²) in [7, 11) is 0. The van der Waals surface area contributed by atoms with Crippen molar-refractivity contribution in [3.8, 4) is 11.1 Å². The Morgan fingerprint density at radius 3 is 2.50 bits per heavy atom. The van der Waals surface area contributed by atoms with Crippen LogP contribution in [0.2, 0.25) is 0 Å². The zero-order valence-electron chi connectivity index (χ0n) is 25.8. The molecule has 0 saturated carbocycles. The average molecular weight is 695 g/mol. The predicted molar refractivity (Wildman–Crippen MR) is 171 cm³/mol. The average Bonchev–Trinajstić information content (AvgIpc) is 3.56. The number of anilines is 1. The summed E-state index contributed by atoms with van der Waals surface area (Å²) in [6.45, 7) is 6.27. The highest BCUT2D eigenvalue weighted by Crippen LogP contribution is 2.28. The number of halogens is 2. The van der Waals surface area contributed by atoms with Crippen LogP contribution in [0, 0.1) is 0 Å². The maximum absolute atomic E-state index is 14.5. The van der Waals surface area contributed by atoms with E-state index in [0.29, 0.717) is 33.3 Å². The number of carbonyl (C=O) groups is 4. The number of fused-ring (bicyclic) bond motifs is 1. The second kappa shape index (κ2) is 13.4. The number of carbonyl (C=O) groups excluding carboxylic acids is 4. The second-order valence-electron chi connectivity index (χ2n) is 12.0. The Balaban J connectivity index is 1.32. The van der Waals surface area contributed by atoms with Crippen LogP contribution in [0.1, 0.15) is 56.8 Å². The number of hydrogen-bond donors (Lipinski definition) is 1. The monoisotopic (exact) mass is 693 g/mol. The first kappa shape index (κ1) is 32.8. The molecule has 4 aromatic rings. The molecule has 1 N–H and O–H groups in total. The van der Waals surface area contributed by atoms with Crippen LogP contribution >= 0.6 is 15.9 Å². The first-order chi connectivity index (χ1) is 21.8. The molecule has 46 heavy (non-hydrogen) atoms. The van der Waals surface area contributed by atoms with Gasteiger partial charge < -0.3 is 15.0 Å². The minimum atomic E-state index is -1.37. The zero-order valence-corrected chi connectivity index (χ0v) is 27.4. The Morgan fingerprint density at radius 1 is 1.09 bits per heavy atom. The van der Waals surface area contributed by atoms with Crippen molar-refractivity contribution in [1.29, 1.82) is 0 Å². The van der Waals surface area contributed by atoms with Crippen LogP contribution in [-0.4, -0.2) is 77.6 Å². The third kappa shape index (κ3) is 7.79. The summed E-state index contributed by atoms with van der Waals surface area (Å²) in [5, 5.41) is 7.59. The molecule has 0 bridgehead atoms. The number of alkyl halides is 1. The normalized spacial score (nSPS) is 16.4. The summed E-state index contributed by atoms with van der Waals surface area (Å²) >= 11 is 3.25. The molecular weight excluding hydrogens is 661 g/mol. The van der Waals surface area contributed by atoms with Gasteiger partial charge in [-0.1, -0.05) is 12.1 Å². The Hall–Kier alpha value is -4.59. The summed E-state index contributed by atoms with van der Waals surface area (Å²) in [5.74, 6) is -0.925. The van der Waals surface area contributed by atoms with Gasteiger partial charge in [0.25, 0.3) is 0 Å². The van der Waals surface area contributed by atoms with Crippen LogP contribution in [0.3, 0.4) is 0 Å².